The van der Waals surface area contributed by atoms with E-state index in [1.165, 1.54) is 12.8 Å². The number of carbonyl (C=O) groups is 1. The Morgan fingerprint density at radius 3 is 2.31 bits per heavy atom. The number of likely N-dealkylation sites (N-methyl/N-ethyl adjacent to an activating group) is 1. The maximum absolute atomic E-state index is 12.0. The van der Waals surface area contributed by atoms with Gasteiger partial charge < -0.3 is 15.5 Å². The first kappa shape index (κ1) is 13.5. The van der Waals surface area contributed by atoms with Crippen molar-refractivity contribution in [3.05, 3.63) is 0 Å². The van der Waals surface area contributed by atoms with Gasteiger partial charge in [-0.2, -0.15) is 0 Å². The zero-order valence-electron chi connectivity index (χ0n) is 10.8. The lowest BCUT2D eigenvalue weighted by Gasteiger charge is -2.31. The highest BCUT2D eigenvalue weighted by atomic mass is 16.2. The minimum atomic E-state index is -0.372. The molecule has 1 saturated carbocycles. The largest absolute Gasteiger partial charge is 0.337 e. The Labute approximate surface area is 98.8 Å². The van der Waals surface area contributed by atoms with E-state index in [2.05, 4.69) is 4.90 Å². The van der Waals surface area contributed by atoms with E-state index in [0.29, 0.717) is 6.04 Å². The first-order valence-corrected chi connectivity index (χ1v) is 6.23. The van der Waals surface area contributed by atoms with Crippen molar-refractivity contribution in [1.29, 1.82) is 0 Å². The maximum Gasteiger partial charge on any atom is 0.239 e. The van der Waals surface area contributed by atoms with Crippen molar-refractivity contribution in [1.82, 2.24) is 9.80 Å². The van der Waals surface area contributed by atoms with Crippen LogP contribution in [-0.2, 0) is 4.79 Å². The quantitative estimate of drug-likeness (QED) is 0.751. The third kappa shape index (κ3) is 3.76. The van der Waals surface area contributed by atoms with Crippen molar-refractivity contribution in [2.45, 2.75) is 44.7 Å². The van der Waals surface area contributed by atoms with Crippen LogP contribution in [0.1, 0.15) is 32.6 Å². The van der Waals surface area contributed by atoms with E-state index in [0.717, 1.165) is 25.9 Å². The summed E-state index contributed by atoms with van der Waals surface area (Å²) >= 11 is 0. The van der Waals surface area contributed by atoms with Gasteiger partial charge in [-0.3, -0.25) is 4.79 Å². The molecular weight excluding hydrogens is 202 g/mol. The molecule has 0 radical (unpaired) electrons. The molecule has 4 nitrogen and oxygen atoms in total. The predicted molar refractivity (Wildman–Crippen MR) is 66.2 cm³/mol. The number of amides is 1. The van der Waals surface area contributed by atoms with Gasteiger partial charge in [0.05, 0.1) is 6.04 Å². The maximum atomic E-state index is 12.0. The molecule has 2 N–H and O–H groups in total. The molecule has 4 heteroatoms. The van der Waals surface area contributed by atoms with Crippen molar-refractivity contribution in [3.63, 3.8) is 0 Å². The third-order valence-electron chi connectivity index (χ3n) is 3.23. The van der Waals surface area contributed by atoms with Gasteiger partial charge in [0.25, 0.3) is 0 Å². The van der Waals surface area contributed by atoms with Crippen LogP contribution in [0.5, 0.6) is 0 Å². The van der Waals surface area contributed by atoms with Crippen molar-refractivity contribution in [2.75, 3.05) is 27.2 Å². The molecule has 1 unspecified atom stereocenters. The lowest BCUT2D eigenvalue weighted by Crippen LogP contribution is -2.49. The molecule has 0 aliphatic heterocycles. The van der Waals surface area contributed by atoms with Crippen LogP contribution in [0.25, 0.3) is 0 Å². The van der Waals surface area contributed by atoms with E-state index in [4.69, 9.17) is 5.73 Å². The van der Waals surface area contributed by atoms with E-state index in [1.807, 2.05) is 19.0 Å². The third-order valence-corrected chi connectivity index (χ3v) is 3.23. The summed E-state index contributed by atoms with van der Waals surface area (Å²) in [5.41, 5.74) is 5.71. The molecule has 1 fully saturated rings. The minimum absolute atomic E-state index is 0.105. The fourth-order valence-electron chi connectivity index (χ4n) is 2.26. The monoisotopic (exact) mass is 227 g/mol. The standard InChI is InChI=1S/C12H25N3O/c1-10(13)12(16)15(9-8-14(2)3)11-6-4-5-7-11/h10-11H,4-9,13H2,1-3H3. The average molecular weight is 227 g/mol. The first-order valence-electron chi connectivity index (χ1n) is 6.23. The number of hydrogen-bond donors (Lipinski definition) is 1. The summed E-state index contributed by atoms with van der Waals surface area (Å²) in [6.07, 6.45) is 4.78. The Kier molecular flexibility index (Phi) is 5.22. The summed E-state index contributed by atoms with van der Waals surface area (Å²) in [6, 6.07) is 0.0567. The molecule has 1 atom stereocenters. The Bertz CT molecular complexity index is 222. The molecule has 0 heterocycles. The molecular formula is C12H25N3O. The molecule has 94 valence electrons. The number of hydrogen-bond acceptors (Lipinski definition) is 3. The van der Waals surface area contributed by atoms with Gasteiger partial charge in [-0.05, 0) is 33.9 Å². The second-order valence-electron chi connectivity index (χ2n) is 5.06. The van der Waals surface area contributed by atoms with Crippen LogP contribution in [0.3, 0.4) is 0 Å². The van der Waals surface area contributed by atoms with Gasteiger partial charge in [-0.1, -0.05) is 12.8 Å². The van der Waals surface area contributed by atoms with Crippen LogP contribution in [0, 0.1) is 0 Å². The van der Waals surface area contributed by atoms with Crippen molar-refractivity contribution >= 4 is 5.91 Å². The molecule has 1 amide bonds. The van der Waals surface area contributed by atoms with Crippen LogP contribution < -0.4 is 5.73 Å². The van der Waals surface area contributed by atoms with Crippen LogP contribution >= 0.6 is 0 Å². The van der Waals surface area contributed by atoms with E-state index in [-0.39, 0.29) is 11.9 Å². The summed E-state index contributed by atoms with van der Waals surface area (Å²) in [5, 5.41) is 0. The van der Waals surface area contributed by atoms with Crippen LogP contribution in [0.15, 0.2) is 0 Å². The van der Waals surface area contributed by atoms with Gasteiger partial charge in [-0.25, -0.2) is 0 Å². The normalized spacial score (nSPS) is 19.1. The zero-order valence-corrected chi connectivity index (χ0v) is 10.8. The molecule has 0 aromatic carbocycles. The Morgan fingerprint density at radius 1 is 1.31 bits per heavy atom. The molecule has 1 aliphatic carbocycles. The molecule has 0 saturated heterocycles. The molecule has 0 aromatic heterocycles. The highest BCUT2D eigenvalue weighted by molar-refractivity contribution is 5.81. The Morgan fingerprint density at radius 2 is 1.88 bits per heavy atom. The van der Waals surface area contributed by atoms with E-state index >= 15 is 0 Å². The smallest absolute Gasteiger partial charge is 0.239 e. The van der Waals surface area contributed by atoms with Gasteiger partial charge in [0.1, 0.15) is 0 Å². The average Bonchev–Trinajstić information content (AvgIpc) is 2.70. The molecule has 0 bridgehead atoms. The number of rotatable bonds is 5. The fourth-order valence-corrected chi connectivity index (χ4v) is 2.26. The second kappa shape index (κ2) is 6.21. The number of nitrogens with two attached hydrogens (primary N) is 1. The van der Waals surface area contributed by atoms with Crippen molar-refractivity contribution in [2.24, 2.45) is 5.73 Å². The van der Waals surface area contributed by atoms with Gasteiger partial charge in [0, 0.05) is 19.1 Å². The first-order chi connectivity index (χ1) is 7.52. The van der Waals surface area contributed by atoms with Gasteiger partial charge in [0.2, 0.25) is 5.91 Å². The van der Waals surface area contributed by atoms with E-state index in [1.54, 1.807) is 6.92 Å². The Balaban J connectivity index is 2.56. The zero-order chi connectivity index (χ0) is 12.1. The van der Waals surface area contributed by atoms with Gasteiger partial charge in [-0.15, -0.1) is 0 Å². The van der Waals surface area contributed by atoms with Crippen LogP contribution in [0.4, 0.5) is 0 Å². The number of nitrogens with zero attached hydrogens (tertiary/aromatic N) is 2. The SMILES string of the molecule is CC(N)C(=O)N(CCN(C)C)C1CCCC1. The predicted octanol–water partition coefficient (Wildman–Crippen LogP) is 0.666. The van der Waals surface area contributed by atoms with Gasteiger partial charge >= 0.3 is 0 Å². The summed E-state index contributed by atoms with van der Waals surface area (Å²) in [6.45, 7) is 3.49. The topological polar surface area (TPSA) is 49.6 Å². The summed E-state index contributed by atoms with van der Waals surface area (Å²) in [4.78, 5) is 16.1. The van der Waals surface area contributed by atoms with Gasteiger partial charge in [0.15, 0.2) is 0 Å². The van der Waals surface area contributed by atoms with Crippen LogP contribution in [0.2, 0.25) is 0 Å². The second-order valence-corrected chi connectivity index (χ2v) is 5.06. The van der Waals surface area contributed by atoms with E-state index in [9.17, 15) is 4.79 Å². The molecule has 16 heavy (non-hydrogen) atoms. The molecule has 0 aromatic rings. The minimum Gasteiger partial charge on any atom is -0.337 e. The van der Waals surface area contributed by atoms with E-state index < -0.39 is 0 Å². The lowest BCUT2D eigenvalue weighted by atomic mass is 10.1. The molecule has 0 spiro atoms. The lowest BCUT2D eigenvalue weighted by molar-refractivity contribution is -0.134. The number of carbonyl (C=O) groups excluding carboxylic acids is 1. The summed E-state index contributed by atoms with van der Waals surface area (Å²) in [7, 11) is 4.06. The molecule has 1 aliphatic rings. The van der Waals surface area contributed by atoms with Crippen molar-refractivity contribution in [3.8, 4) is 0 Å². The fraction of sp³-hybridized carbons (Fsp3) is 0.917. The highest BCUT2D eigenvalue weighted by Crippen LogP contribution is 2.23. The van der Waals surface area contributed by atoms with Crippen molar-refractivity contribution < 1.29 is 4.79 Å². The van der Waals surface area contributed by atoms with Crippen LogP contribution in [-0.4, -0.2) is 55.0 Å². The Hall–Kier alpha value is -0.610. The molecule has 1 rings (SSSR count). The highest BCUT2D eigenvalue weighted by Gasteiger charge is 2.27. The summed E-state index contributed by atoms with van der Waals surface area (Å²) < 4.78 is 0. The summed E-state index contributed by atoms with van der Waals surface area (Å²) in [5.74, 6) is 0.105.